The lowest BCUT2D eigenvalue weighted by atomic mass is 9.68. The number of nitrogens with two attached hydrogens (primary N) is 1. The fraction of sp³-hybridized carbons (Fsp3) is 0.600. The average Bonchev–Trinajstić information content (AvgIpc) is 3.37. The van der Waals surface area contributed by atoms with Crippen LogP contribution in [0, 0.1) is 0 Å². The predicted octanol–water partition coefficient (Wildman–Crippen LogP) is 1.34. The number of aliphatic hydroxyl groups is 1. The maximum absolute atomic E-state index is 13.7. The lowest BCUT2D eigenvalue weighted by Crippen LogP contribution is -2.59. The summed E-state index contributed by atoms with van der Waals surface area (Å²) in [5, 5.41) is 22.7. The number of rotatable bonds is 8. The van der Waals surface area contributed by atoms with E-state index in [9.17, 15) is 14.7 Å². The largest absolute Gasteiger partial charge is 0.388 e. The molecule has 5 rings (SSSR count). The molecule has 1 aromatic carbocycles. The highest BCUT2D eigenvalue weighted by Gasteiger charge is 2.55. The summed E-state index contributed by atoms with van der Waals surface area (Å²) in [6, 6.07) is 10.5. The molecule has 0 bridgehead atoms. The van der Waals surface area contributed by atoms with Crippen LogP contribution in [0.2, 0.25) is 0 Å². The molecular weight excluding hydrogens is 446 g/mol. The van der Waals surface area contributed by atoms with Gasteiger partial charge in [0.2, 0.25) is 5.91 Å². The van der Waals surface area contributed by atoms with E-state index in [1.54, 1.807) is 6.20 Å². The van der Waals surface area contributed by atoms with Crippen molar-refractivity contribution < 1.29 is 14.7 Å². The van der Waals surface area contributed by atoms with E-state index < -0.39 is 11.5 Å². The lowest BCUT2D eigenvalue weighted by molar-refractivity contribution is -0.118. The number of hydrogen-bond acceptors (Lipinski definition) is 6. The van der Waals surface area contributed by atoms with Gasteiger partial charge in [0.15, 0.2) is 0 Å². The van der Waals surface area contributed by atoms with E-state index in [0.29, 0.717) is 25.3 Å². The SMILES string of the molecule is CNC1(c2ccccc2)CCC2(CC1)CN(Cc1cn(CC(N)=O)nn1)C(=O)N2CC1(O)CCC1. The van der Waals surface area contributed by atoms with Gasteiger partial charge in [-0.3, -0.25) is 4.79 Å². The van der Waals surface area contributed by atoms with Crippen LogP contribution in [0.15, 0.2) is 36.5 Å². The molecule has 1 aliphatic heterocycles. The Morgan fingerprint density at radius 3 is 2.46 bits per heavy atom. The quantitative estimate of drug-likeness (QED) is 0.522. The molecule has 3 aliphatic rings. The molecule has 3 fully saturated rings. The highest BCUT2D eigenvalue weighted by atomic mass is 16.3. The van der Waals surface area contributed by atoms with Crippen molar-refractivity contribution in [2.75, 3.05) is 20.1 Å². The molecule has 3 amide bonds. The molecule has 0 atom stereocenters. The summed E-state index contributed by atoms with van der Waals surface area (Å²) in [5.41, 5.74) is 5.89. The number of aromatic nitrogens is 3. The number of nitrogens with zero attached hydrogens (tertiary/aromatic N) is 5. The Morgan fingerprint density at radius 2 is 1.86 bits per heavy atom. The first-order valence-corrected chi connectivity index (χ1v) is 12.5. The van der Waals surface area contributed by atoms with E-state index in [1.807, 2.05) is 22.9 Å². The molecule has 4 N–H and O–H groups in total. The first kappa shape index (κ1) is 23.7. The van der Waals surface area contributed by atoms with E-state index in [4.69, 9.17) is 5.73 Å². The summed E-state index contributed by atoms with van der Waals surface area (Å²) in [6.07, 6.45) is 7.61. The number of primary amides is 1. The number of benzene rings is 1. The zero-order valence-electron chi connectivity index (χ0n) is 20.3. The van der Waals surface area contributed by atoms with Gasteiger partial charge in [-0.1, -0.05) is 35.5 Å². The maximum atomic E-state index is 13.7. The lowest BCUT2D eigenvalue weighted by Gasteiger charge is -2.50. The average molecular weight is 482 g/mol. The summed E-state index contributed by atoms with van der Waals surface area (Å²) in [7, 11) is 2.02. The molecular formula is C25H35N7O3. The van der Waals surface area contributed by atoms with Gasteiger partial charge < -0.3 is 26.0 Å². The Bertz CT molecular complexity index is 1070. The van der Waals surface area contributed by atoms with Crippen LogP contribution >= 0.6 is 0 Å². The molecule has 0 unspecified atom stereocenters. The topological polar surface area (TPSA) is 130 Å². The molecule has 35 heavy (non-hydrogen) atoms. The third-order valence-corrected chi connectivity index (χ3v) is 8.39. The van der Waals surface area contributed by atoms with Gasteiger partial charge in [-0.05, 0) is 57.6 Å². The summed E-state index contributed by atoms with van der Waals surface area (Å²) < 4.78 is 1.39. The first-order valence-electron chi connectivity index (χ1n) is 12.5. The Hall–Kier alpha value is -2.98. The normalized spacial score (nSPS) is 27.9. The molecule has 10 heteroatoms. The van der Waals surface area contributed by atoms with Crippen LogP contribution in [0.1, 0.15) is 56.2 Å². The molecule has 2 aliphatic carbocycles. The molecule has 0 radical (unpaired) electrons. The molecule has 1 spiro atoms. The van der Waals surface area contributed by atoms with Crippen molar-refractivity contribution in [3.05, 3.63) is 47.8 Å². The Kier molecular flexibility index (Phi) is 6.04. The van der Waals surface area contributed by atoms with Crippen LogP contribution in [0.4, 0.5) is 4.79 Å². The Morgan fingerprint density at radius 1 is 1.14 bits per heavy atom. The van der Waals surface area contributed by atoms with Gasteiger partial charge in [-0.25, -0.2) is 9.48 Å². The fourth-order valence-corrected chi connectivity index (χ4v) is 6.13. The van der Waals surface area contributed by atoms with Crippen LogP contribution in [0.5, 0.6) is 0 Å². The second-order valence-corrected chi connectivity index (χ2v) is 10.6. The summed E-state index contributed by atoms with van der Waals surface area (Å²) in [5.74, 6) is -0.494. The molecule has 188 valence electrons. The first-order chi connectivity index (χ1) is 16.8. The van der Waals surface area contributed by atoms with Gasteiger partial charge in [0.05, 0.1) is 30.4 Å². The van der Waals surface area contributed by atoms with Crippen LogP contribution in [-0.2, 0) is 23.4 Å². The monoisotopic (exact) mass is 481 g/mol. The van der Waals surface area contributed by atoms with Gasteiger partial charge in [0, 0.05) is 12.1 Å². The highest BCUT2D eigenvalue weighted by molar-refractivity contribution is 5.78. The highest BCUT2D eigenvalue weighted by Crippen LogP contribution is 2.48. The molecule has 1 aromatic heterocycles. The van der Waals surface area contributed by atoms with Gasteiger partial charge in [0.25, 0.3) is 0 Å². The molecule has 10 nitrogen and oxygen atoms in total. The molecule has 2 aromatic rings. The smallest absolute Gasteiger partial charge is 0.321 e. The molecule has 1 saturated heterocycles. The number of carbonyl (C=O) groups is 2. The van der Waals surface area contributed by atoms with Crippen LogP contribution in [-0.4, -0.2) is 73.1 Å². The second-order valence-electron chi connectivity index (χ2n) is 10.6. The zero-order chi connectivity index (χ0) is 24.7. The predicted molar refractivity (Wildman–Crippen MR) is 129 cm³/mol. The van der Waals surface area contributed by atoms with Crippen molar-refractivity contribution in [2.45, 2.75) is 74.7 Å². The summed E-state index contributed by atoms with van der Waals surface area (Å²) >= 11 is 0. The number of hydrogen-bond donors (Lipinski definition) is 3. The van der Waals surface area contributed by atoms with Crippen molar-refractivity contribution in [1.29, 1.82) is 0 Å². The number of urea groups is 1. The maximum Gasteiger partial charge on any atom is 0.321 e. The van der Waals surface area contributed by atoms with Gasteiger partial charge in [0.1, 0.15) is 12.2 Å². The van der Waals surface area contributed by atoms with E-state index >= 15 is 0 Å². The zero-order valence-corrected chi connectivity index (χ0v) is 20.3. The molecule has 2 saturated carbocycles. The number of nitrogens with one attached hydrogen (secondary N) is 1. The van der Waals surface area contributed by atoms with E-state index in [0.717, 1.165) is 44.9 Å². The van der Waals surface area contributed by atoms with E-state index in [2.05, 4.69) is 39.9 Å². The van der Waals surface area contributed by atoms with Crippen LogP contribution in [0.25, 0.3) is 0 Å². The van der Waals surface area contributed by atoms with Crippen molar-refractivity contribution in [1.82, 2.24) is 30.1 Å². The van der Waals surface area contributed by atoms with Gasteiger partial charge >= 0.3 is 6.03 Å². The van der Waals surface area contributed by atoms with Crippen molar-refractivity contribution in [2.24, 2.45) is 5.73 Å². The fourth-order valence-electron chi connectivity index (χ4n) is 6.13. The second kappa shape index (κ2) is 8.91. The van der Waals surface area contributed by atoms with E-state index in [-0.39, 0.29) is 23.7 Å². The van der Waals surface area contributed by atoms with Crippen LogP contribution < -0.4 is 11.1 Å². The Balaban J connectivity index is 1.37. The van der Waals surface area contributed by atoms with Crippen molar-refractivity contribution in [3.8, 4) is 0 Å². The standard InChI is InChI=1S/C25H35N7O3/c1-27-25(19-6-3-2-4-7-19)12-10-23(11-13-25)17-30(14-20-15-31(29-28-20)16-21(26)33)22(34)32(23)18-24(35)8-5-9-24/h2-4,6-7,15,27,35H,5,8-14,16-18H2,1H3,(H2,26,33). The van der Waals surface area contributed by atoms with Gasteiger partial charge in [-0.15, -0.1) is 5.10 Å². The Labute approximate surface area is 205 Å². The third-order valence-electron chi connectivity index (χ3n) is 8.39. The summed E-state index contributed by atoms with van der Waals surface area (Å²) in [6.45, 7) is 1.22. The third kappa shape index (κ3) is 4.40. The van der Waals surface area contributed by atoms with Crippen molar-refractivity contribution >= 4 is 11.9 Å². The number of amides is 3. The molecule has 2 heterocycles. The minimum absolute atomic E-state index is 0.0460. The minimum atomic E-state index is -0.791. The van der Waals surface area contributed by atoms with Crippen molar-refractivity contribution in [3.63, 3.8) is 0 Å². The minimum Gasteiger partial charge on any atom is -0.388 e. The van der Waals surface area contributed by atoms with E-state index in [1.165, 1.54) is 10.2 Å². The number of β-amino-alcohol motifs (C(OH)–C–C–N with tert-alkyl or cyclic N) is 1. The number of carbonyl (C=O) groups excluding carboxylic acids is 2. The van der Waals surface area contributed by atoms with Gasteiger partial charge in [-0.2, -0.15) is 0 Å². The van der Waals surface area contributed by atoms with Crippen LogP contribution in [0.3, 0.4) is 0 Å². The summed E-state index contributed by atoms with van der Waals surface area (Å²) in [4.78, 5) is 28.6.